The number of benzene rings is 1. The molecule has 1 aromatic carbocycles. The molecule has 1 fully saturated rings. The lowest BCUT2D eigenvalue weighted by atomic mass is 10.1. The molecule has 1 aromatic rings. The summed E-state index contributed by atoms with van der Waals surface area (Å²) in [4.78, 5) is 25.5. The average molecular weight is 259 g/mol. The van der Waals surface area contributed by atoms with E-state index in [1.807, 2.05) is 32.9 Å². The fourth-order valence-corrected chi connectivity index (χ4v) is 2.07. The summed E-state index contributed by atoms with van der Waals surface area (Å²) in [5, 5.41) is 10.2. The molecule has 1 amide bonds. The lowest BCUT2D eigenvalue weighted by molar-refractivity contribution is -0.126. The Balaban J connectivity index is 2.44. The van der Waals surface area contributed by atoms with Crippen LogP contribution in [0.5, 0.6) is 0 Å². The molecule has 0 aromatic heterocycles. The highest BCUT2D eigenvalue weighted by Crippen LogP contribution is 2.24. The molecule has 100 valence electrons. The maximum Gasteiger partial charge on any atom is 0.262 e. The van der Waals surface area contributed by atoms with Crippen LogP contribution in [0.2, 0.25) is 0 Å². The Morgan fingerprint density at radius 3 is 2.26 bits per heavy atom. The molecule has 4 heteroatoms. The number of carbonyl (C=O) groups excluding carboxylic acids is 2. The number of rotatable bonds is 2. The van der Waals surface area contributed by atoms with E-state index >= 15 is 0 Å². The van der Waals surface area contributed by atoms with E-state index in [9.17, 15) is 14.7 Å². The number of hydrogen-bond donors (Lipinski definition) is 1. The summed E-state index contributed by atoms with van der Waals surface area (Å²) in [5.41, 5.74) is 1.44. The van der Waals surface area contributed by atoms with Gasteiger partial charge in [0, 0.05) is 11.6 Å². The SMILES string of the molecule is Cc1ccc(/C(O)=C2\C(=O)CN(C(C)C)C2=O)cc1. The number of nitrogens with zero attached hydrogens (tertiary/aromatic N) is 1. The molecule has 19 heavy (non-hydrogen) atoms. The predicted octanol–water partition coefficient (Wildman–Crippen LogP) is 2.08. The third kappa shape index (κ3) is 2.38. The molecule has 0 unspecified atom stereocenters. The van der Waals surface area contributed by atoms with Crippen molar-refractivity contribution in [3.63, 3.8) is 0 Å². The number of aliphatic hydroxyl groups excluding tert-OH is 1. The average Bonchev–Trinajstić information content (AvgIpc) is 2.65. The fourth-order valence-electron chi connectivity index (χ4n) is 2.07. The van der Waals surface area contributed by atoms with Crippen LogP contribution in [0.4, 0.5) is 0 Å². The van der Waals surface area contributed by atoms with Crippen LogP contribution in [-0.4, -0.2) is 34.3 Å². The van der Waals surface area contributed by atoms with Crippen LogP contribution < -0.4 is 0 Å². The first-order chi connectivity index (χ1) is 8.91. The van der Waals surface area contributed by atoms with Gasteiger partial charge in [-0.15, -0.1) is 0 Å². The minimum atomic E-state index is -0.391. The largest absolute Gasteiger partial charge is 0.506 e. The van der Waals surface area contributed by atoms with Gasteiger partial charge in [-0.1, -0.05) is 29.8 Å². The molecule has 0 atom stereocenters. The lowest BCUT2D eigenvalue weighted by Crippen LogP contribution is -2.32. The number of aliphatic hydroxyl groups is 1. The number of likely N-dealkylation sites (tertiary alicyclic amines) is 1. The Hall–Kier alpha value is -2.10. The van der Waals surface area contributed by atoms with Gasteiger partial charge in [0.2, 0.25) is 0 Å². The highest BCUT2D eigenvalue weighted by atomic mass is 16.3. The zero-order chi connectivity index (χ0) is 14.2. The van der Waals surface area contributed by atoms with Crippen LogP contribution in [0.25, 0.3) is 5.76 Å². The smallest absolute Gasteiger partial charge is 0.262 e. The van der Waals surface area contributed by atoms with E-state index in [1.165, 1.54) is 4.90 Å². The molecule has 1 heterocycles. The van der Waals surface area contributed by atoms with Crippen molar-refractivity contribution in [2.75, 3.05) is 6.54 Å². The number of amides is 1. The zero-order valence-electron chi connectivity index (χ0n) is 11.3. The van der Waals surface area contributed by atoms with Crippen molar-refractivity contribution in [2.45, 2.75) is 26.8 Å². The minimum Gasteiger partial charge on any atom is -0.506 e. The summed E-state index contributed by atoms with van der Waals surface area (Å²) < 4.78 is 0. The lowest BCUT2D eigenvalue weighted by Gasteiger charge is -2.18. The normalized spacial score (nSPS) is 18.4. The Morgan fingerprint density at radius 2 is 1.79 bits per heavy atom. The van der Waals surface area contributed by atoms with Gasteiger partial charge in [-0.05, 0) is 20.8 Å². The second-order valence-electron chi connectivity index (χ2n) is 5.04. The Labute approximate surface area is 112 Å². The molecule has 1 saturated heterocycles. The van der Waals surface area contributed by atoms with Gasteiger partial charge in [0.25, 0.3) is 5.91 Å². The highest BCUT2D eigenvalue weighted by molar-refractivity contribution is 6.28. The van der Waals surface area contributed by atoms with Crippen molar-refractivity contribution in [3.8, 4) is 0 Å². The van der Waals surface area contributed by atoms with E-state index in [4.69, 9.17) is 0 Å². The van der Waals surface area contributed by atoms with E-state index in [2.05, 4.69) is 0 Å². The zero-order valence-corrected chi connectivity index (χ0v) is 11.3. The fraction of sp³-hybridized carbons (Fsp3) is 0.333. The summed E-state index contributed by atoms with van der Waals surface area (Å²) in [5.74, 6) is -0.937. The van der Waals surface area contributed by atoms with E-state index in [1.54, 1.807) is 12.1 Å². The van der Waals surface area contributed by atoms with E-state index in [0.29, 0.717) is 5.56 Å². The molecule has 0 spiro atoms. The molecular weight excluding hydrogens is 242 g/mol. The van der Waals surface area contributed by atoms with Gasteiger partial charge in [-0.25, -0.2) is 0 Å². The molecule has 1 aliphatic rings. The van der Waals surface area contributed by atoms with Gasteiger partial charge in [0.1, 0.15) is 11.3 Å². The van der Waals surface area contributed by atoms with Crippen molar-refractivity contribution in [3.05, 3.63) is 41.0 Å². The number of aryl methyl sites for hydroxylation is 1. The quantitative estimate of drug-likeness (QED) is 0.502. The second-order valence-corrected chi connectivity index (χ2v) is 5.04. The Bertz CT molecular complexity index is 555. The Kier molecular flexibility index (Phi) is 3.42. The van der Waals surface area contributed by atoms with E-state index < -0.39 is 5.91 Å². The van der Waals surface area contributed by atoms with E-state index in [0.717, 1.165) is 5.56 Å². The summed E-state index contributed by atoms with van der Waals surface area (Å²) in [6.45, 7) is 5.66. The van der Waals surface area contributed by atoms with Crippen LogP contribution in [0.15, 0.2) is 29.8 Å². The van der Waals surface area contributed by atoms with E-state index in [-0.39, 0.29) is 29.7 Å². The summed E-state index contributed by atoms with van der Waals surface area (Å²) in [6.07, 6.45) is 0. The standard InChI is InChI=1S/C15H17NO3/c1-9(2)16-8-12(17)13(15(16)19)14(18)11-6-4-10(3)5-7-11/h4-7,9,18H,8H2,1-3H3/b14-13-. The Morgan fingerprint density at radius 1 is 1.21 bits per heavy atom. The predicted molar refractivity (Wildman–Crippen MR) is 72.6 cm³/mol. The summed E-state index contributed by atoms with van der Waals surface area (Å²) in [7, 11) is 0. The molecular formula is C15H17NO3. The molecule has 0 bridgehead atoms. The first-order valence-electron chi connectivity index (χ1n) is 6.26. The van der Waals surface area contributed by atoms with Crippen LogP contribution in [0, 0.1) is 6.92 Å². The third-order valence-electron chi connectivity index (χ3n) is 3.25. The second kappa shape index (κ2) is 4.88. The molecule has 0 radical (unpaired) electrons. The van der Waals surface area contributed by atoms with Crippen molar-refractivity contribution >= 4 is 17.4 Å². The maximum atomic E-state index is 12.1. The van der Waals surface area contributed by atoms with Crippen molar-refractivity contribution < 1.29 is 14.7 Å². The molecule has 1 aliphatic heterocycles. The molecule has 0 saturated carbocycles. The number of ketones is 1. The first-order valence-corrected chi connectivity index (χ1v) is 6.26. The molecule has 1 N–H and O–H groups in total. The van der Waals surface area contributed by atoms with Gasteiger partial charge >= 0.3 is 0 Å². The maximum absolute atomic E-state index is 12.1. The van der Waals surface area contributed by atoms with Crippen LogP contribution >= 0.6 is 0 Å². The van der Waals surface area contributed by atoms with Gasteiger partial charge in [0.15, 0.2) is 5.78 Å². The van der Waals surface area contributed by atoms with Crippen LogP contribution in [-0.2, 0) is 9.59 Å². The van der Waals surface area contributed by atoms with Crippen molar-refractivity contribution in [2.24, 2.45) is 0 Å². The van der Waals surface area contributed by atoms with Gasteiger partial charge in [-0.2, -0.15) is 0 Å². The van der Waals surface area contributed by atoms with Crippen LogP contribution in [0.3, 0.4) is 0 Å². The van der Waals surface area contributed by atoms with Crippen molar-refractivity contribution in [1.29, 1.82) is 0 Å². The van der Waals surface area contributed by atoms with Gasteiger partial charge < -0.3 is 10.0 Å². The first kappa shape index (κ1) is 13.3. The number of carbonyl (C=O) groups is 2. The van der Waals surface area contributed by atoms with Gasteiger partial charge in [-0.3, -0.25) is 9.59 Å². The summed E-state index contributed by atoms with van der Waals surface area (Å²) >= 11 is 0. The highest BCUT2D eigenvalue weighted by Gasteiger charge is 2.37. The van der Waals surface area contributed by atoms with Crippen molar-refractivity contribution in [1.82, 2.24) is 4.90 Å². The van der Waals surface area contributed by atoms with Crippen LogP contribution in [0.1, 0.15) is 25.0 Å². The molecule has 2 rings (SSSR count). The summed E-state index contributed by atoms with van der Waals surface area (Å²) in [6, 6.07) is 7.01. The third-order valence-corrected chi connectivity index (χ3v) is 3.25. The number of hydrogen-bond acceptors (Lipinski definition) is 3. The molecule has 4 nitrogen and oxygen atoms in total. The number of Topliss-reactive ketones (excluding diaryl/α,β-unsaturated/α-hetero) is 1. The molecule has 0 aliphatic carbocycles. The minimum absolute atomic E-state index is 0.0434. The topological polar surface area (TPSA) is 57.6 Å². The van der Waals surface area contributed by atoms with Gasteiger partial charge in [0.05, 0.1) is 6.54 Å². The monoisotopic (exact) mass is 259 g/mol.